The molecule has 2 aliphatic rings. The van der Waals surface area contributed by atoms with Gasteiger partial charge in [-0.3, -0.25) is 4.79 Å². The maximum Gasteiger partial charge on any atom is 0.410 e. The molecule has 1 saturated carbocycles. The van der Waals surface area contributed by atoms with Gasteiger partial charge >= 0.3 is 12.0 Å². The molecular weight excluding hydrogens is 406 g/mol. The molecule has 2 amide bonds. The second kappa shape index (κ2) is 9.01. The lowest BCUT2D eigenvalue weighted by Crippen LogP contribution is -2.48. The van der Waals surface area contributed by atoms with Crippen LogP contribution in [0.5, 0.6) is 5.75 Å². The zero-order chi connectivity index (χ0) is 22.8. The first-order valence-electron chi connectivity index (χ1n) is 10.8. The van der Waals surface area contributed by atoms with Crippen molar-refractivity contribution in [2.24, 2.45) is 0 Å². The molecule has 1 saturated heterocycles. The zero-order valence-electron chi connectivity index (χ0n) is 18.7. The lowest BCUT2D eigenvalue weighted by molar-refractivity contribution is -0.150. The molecule has 0 atom stereocenters. The summed E-state index contributed by atoms with van der Waals surface area (Å²) in [5.74, 6) is -3.56. The van der Waals surface area contributed by atoms with Gasteiger partial charge in [-0.1, -0.05) is 12.1 Å². The highest BCUT2D eigenvalue weighted by Gasteiger charge is 2.50. The van der Waals surface area contributed by atoms with E-state index >= 15 is 0 Å². The normalized spacial score (nSPS) is 23.5. The van der Waals surface area contributed by atoms with Crippen molar-refractivity contribution in [1.82, 2.24) is 9.80 Å². The van der Waals surface area contributed by atoms with Crippen LogP contribution in [0, 0.1) is 0 Å². The lowest BCUT2D eigenvalue weighted by atomic mass is 9.89. The quantitative estimate of drug-likeness (QED) is 0.674. The van der Waals surface area contributed by atoms with E-state index in [1.165, 1.54) is 4.90 Å². The Hall–Kier alpha value is -2.38. The van der Waals surface area contributed by atoms with Crippen LogP contribution in [0.4, 0.5) is 13.6 Å². The predicted molar refractivity (Wildman–Crippen MR) is 112 cm³/mol. The van der Waals surface area contributed by atoms with Gasteiger partial charge in [-0.25, -0.2) is 4.79 Å². The Morgan fingerprint density at radius 1 is 1.16 bits per heavy atom. The summed E-state index contributed by atoms with van der Waals surface area (Å²) < 4.78 is 38.1. The highest BCUT2D eigenvalue weighted by molar-refractivity contribution is 5.85. The number of nitrogens with zero attached hydrogens (tertiary/aromatic N) is 2. The molecular formula is C23H32F2N2O4. The first-order chi connectivity index (χ1) is 14.5. The zero-order valence-corrected chi connectivity index (χ0v) is 18.7. The summed E-state index contributed by atoms with van der Waals surface area (Å²) in [6, 6.07) is 7.24. The Kier molecular flexibility index (Phi) is 6.76. The smallest absolute Gasteiger partial charge is 0.410 e. The number of methoxy groups -OCH3 is 1. The predicted octanol–water partition coefficient (Wildman–Crippen LogP) is 4.61. The summed E-state index contributed by atoms with van der Waals surface area (Å²) in [4.78, 5) is 28.0. The summed E-state index contributed by atoms with van der Waals surface area (Å²) in [7, 11) is 1.60. The van der Waals surface area contributed by atoms with E-state index in [1.807, 2.05) is 45.0 Å². The van der Waals surface area contributed by atoms with Crippen LogP contribution in [-0.4, -0.2) is 59.1 Å². The minimum absolute atomic E-state index is 0.0774. The molecule has 31 heavy (non-hydrogen) atoms. The van der Waals surface area contributed by atoms with Crippen molar-refractivity contribution in [3.8, 4) is 5.75 Å². The Balaban J connectivity index is 1.69. The van der Waals surface area contributed by atoms with Crippen LogP contribution in [0.15, 0.2) is 24.3 Å². The van der Waals surface area contributed by atoms with Gasteiger partial charge < -0.3 is 19.3 Å². The van der Waals surface area contributed by atoms with Crippen molar-refractivity contribution in [2.75, 3.05) is 13.7 Å². The van der Waals surface area contributed by atoms with Gasteiger partial charge in [0.2, 0.25) is 0 Å². The van der Waals surface area contributed by atoms with Crippen molar-refractivity contribution >= 4 is 12.0 Å². The van der Waals surface area contributed by atoms with E-state index in [0.717, 1.165) is 11.3 Å². The first kappa shape index (κ1) is 23.3. The number of likely N-dealkylation sites (tertiary alicyclic amines) is 1. The van der Waals surface area contributed by atoms with E-state index < -0.39 is 29.9 Å². The summed E-state index contributed by atoms with van der Waals surface area (Å²) in [6.07, 6.45) is 1.65. The number of hydrogen-bond acceptors (Lipinski definition) is 4. The SMILES string of the molecule is COc1ccc(CN(C(=O)OC(C)(C)C)[C@H]2CC[C@H](N3CCC(F)(F)C3=O)CC2)cc1. The molecule has 1 aliphatic carbocycles. The lowest BCUT2D eigenvalue weighted by Gasteiger charge is -2.40. The fourth-order valence-electron chi connectivity index (χ4n) is 4.30. The number of benzene rings is 1. The summed E-state index contributed by atoms with van der Waals surface area (Å²) in [6.45, 7) is 5.96. The largest absolute Gasteiger partial charge is 0.497 e. The second-order valence-corrected chi connectivity index (χ2v) is 9.37. The molecule has 1 aliphatic heterocycles. The highest BCUT2D eigenvalue weighted by atomic mass is 19.3. The molecule has 1 heterocycles. The van der Waals surface area contributed by atoms with Crippen molar-refractivity contribution in [1.29, 1.82) is 0 Å². The maximum atomic E-state index is 13.6. The number of carbonyl (C=O) groups is 2. The van der Waals surface area contributed by atoms with Gasteiger partial charge in [-0.05, 0) is 64.2 Å². The third-order valence-electron chi connectivity index (χ3n) is 5.93. The van der Waals surface area contributed by atoms with E-state index in [9.17, 15) is 18.4 Å². The molecule has 1 aromatic carbocycles. The molecule has 0 aromatic heterocycles. The Bertz CT molecular complexity index is 784. The number of rotatable bonds is 5. The van der Waals surface area contributed by atoms with E-state index in [2.05, 4.69) is 0 Å². The topological polar surface area (TPSA) is 59.1 Å². The van der Waals surface area contributed by atoms with Gasteiger partial charge in [0.05, 0.1) is 7.11 Å². The average Bonchev–Trinajstić information content (AvgIpc) is 2.98. The van der Waals surface area contributed by atoms with Crippen LogP contribution in [0.2, 0.25) is 0 Å². The van der Waals surface area contributed by atoms with Gasteiger partial charge in [-0.2, -0.15) is 8.78 Å². The second-order valence-electron chi connectivity index (χ2n) is 9.37. The number of carbonyl (C=O) groups excluding carboxylic acids is 2. The third-order valence-corrected chi connectivity index (χ3v) is 5.93. The standard InChI is InChI=1S/C23H32F2N2O4/c1-22(2,3)31-21(29)27(15-16-5-11-19(30-4)12-6-16)18-9-7-17(8-10-18)26-14-13-23(24,25)20(26)28/h5-6,11-12,17-18H,7-10,13-15H2,1-4H3/t17-,18-. The highest BCUT2D eigenvalue weighted by Crippen LogP contribution is 2.35. The van der Waals surface area contributed by atoms with Gasteiger partial charge in [-0.15, -0.1) is 0 Å². The minimum atomic E-state index is -3.24. The summed E-state index contributed by atoms with van der Waals surface area (Å²) >= 11 is 0. The number of halogens is 2. The summed E-state index contributed by atoms with van der Waals surface area (Å²) in [5, 5.41) is 0. The molecule has 172 valence electrons. The van der Waals surface area contributed by atoms with Crippen LogP contribution < -0.4 is 4.74 Å². The first-order valence-corrected chi connectivity index (χ1v) is 10.8. The fourth-order valence-corrected chi connectivity index (χ4v) is 4.30. The number of amides is 2. The number of alkyl halides is 2. The molecule has 2 fully saturated rings. The summed E-state index contributed by atoms with van der Waals surface area (Å²) in [5.41, 5.74) is 0.322. The molecule has 3 rings (SSSR count). The molecule has 0 bridgehead atoms. The Morgan fingerprint density at radius 3 is 2.26 bits per heavy atom. The van der Waals surface area contributed by atoms with Gasteiger partial charge in [0, 0.05) is 31.6 Å². The molecule has 0 unspecified atom stereocenters. The van der Waals surface area contributed by atoms with Crippen LogP contribution in [0.25, 0.3) is 0 Å². The van der Waals surface area contributed by atoms with Crippen LogP contribution in [-0.2, 0) is 16.1 Å². The van der Waals surface area contributed by atoms with E-state index in [4.69, 9.17) is 9.47 Å². The minimum Gasteiger partial charge on any atom is -0.497 e. The monoisotopic (exact) mass is 438 g/mol. The van der Waals surface area contributed by atoms with Crippen LogP contribution in [0.1, 0.15) is 58.4 Å². The van der Waals surface area contributed by atoms with Gasteiger partial charge in [0.15, 0.2) is 0 Å². The molecule has 8 heteroatoms. The Morgan fingerprint density at radius 2 is 1.77 bits per heavy atom. The van der Waals surface area contributed by atoms with Crippen LogP contribution >= 0.6 is 0 Å². The maximum absolute atomic E-state index is 13.6. The number of ether oxygens (including phenoxy) is 2. The van der Waals surface area contributed by atoms with Crippen LogP contribution in [0.3, 0.4) is 0 Å². The Labute approximate surface area is 182 Å². The van der Waals surface area contributed by atoms with E-state index in [-0.39, 0.29) is 18.6 Å². The molecule has 0 radical (unpaired) electrons. The third kappa shape index (κ3) is 5.66. The van der Waals surface area contributed by atoms with E-state index in [1.54, 1.807) is 12.0 Å². The molecule has 0 N–H and O–H groups in total. The molecule has 1 aromatic rings. The molecule has 0 spiro atoms. The average molecular weight is 439 g/mol. The van der Waals surface area contributed by atoms with Crippen molar-refractivity contribution in [2.45, 2.75) is 83.0 Å². The van der Waals surface area contributed by atoms with Gasteiger partial charge in [0.25, 0.3) is 5.91 Å². The van der Waals surface area contributed by atoms with Crippen molar-refractivity contribution in [3.63, 3.8) is 0 Å². The van der Waals surface area contributed by atoms with Crippen molar-refractivity contribution < 1.29 is 27.8 Å². The van der Waals surface area contributed by atoms with Gasteiger partial charge in [0.1, 0.15) is 11.4 Å². The number of hydrogen-bond donors (Lipinski definition) is 0. The van der Waals surface area contributed by atoms with E-state index in [0.29, 0.717) is 32.2 Å². The van der Waals surface area contributed by atoms with Crippen molar-refractivity contribution in [3.05, 3.63) is 29.8 Å². The molecule has 6 nitrogen and oxygen atoms in total. The fraction of sp³-hybridized carbons (Fsp3) is 0.652.